The van der Waals surface area contributed by atoms with Gasteiger partial charge in [-0.2, -0.15) is 0 Å². The Labute approximate surface area is 148 Å². The van der Waals surface area contributed by atoms with Gasteiger partial charge in [0.2, 0.25) is 12.6 Å². The summed E-state index contributed by atoms with van der Waals surface area (Å²) in [6.45, 7) is 2.66. The van der Waals surface area contributed by atoms with Crippen molar-refractivity contribution in [2.75, 3.05) is 13.2 Å². The summed E-state index contributed by atoms with van der Waals surface area (Å²) in [4.78, 5) is 23.7. The molecular formula is C14H23NaO6. The minimum atomic E-state index is -0.953. The number of hydrogen-bond donors (Lipinski definition) is 0. The zero-order valence-corrected chi connectivity index (χ0v) is 14.8. The van der Waals surface area contributed by atoms with Gasteiger partial charge in [-0.15, -0.1) is 0 Å². The van der Waals surface area contributed by atoms with E-state index in [1.807, 2.05) is 0 Å². The smallest absolute Gasteiger partial charge is 1.00 e. The minimum Gasteiger partial charge on any atom is -1.00 e. The fraction of sp³-hybridized carbons (Fsp3) is 0.857. The summed E-state index contributed by atoms with van der Waals surface area (Å²) in [5.41, 5.74) is 0. The molecule has 0 radical (unpaired) electrons. The molecule has 0 spiro atoms. The molecule has 0 aromatic rings. The Morgan fingerprint density at radius 1 is 0.952 bits per heavy atom. The van der Waals surface area contributed by atoms with Crippen molar-refractivity contribution < 1.29 is 59.5 Å². The van der Waals surface area contributed by atoms with E-state index in [9.17, 15) is 9.59 Å². The zero-order chi connectivity index (χ0) is 14.4. The Bertz CT molecular complexity index is 310. The molecule has 2 rings (SSSR count). The Morgan fingerprint density at radius 2 is 1.38 bits per heavy atom. The van der Waals surface area contributed by atoms with E-state index >= 15 is 0 Å². The third kappa shape index (κ3) is 6.24. The molecule has 6 nitrogen and oxygen atoms in total. The summed E-state index contributed by atoms with van der Waals surface area (Å²) in [5, 5.41) is 0. The summed E-state index contributed by atoms with van der Waals surface area (Å²) < 4.78 is 20.9. The summed E-state index contributed by atoms with van der Waals surface area (Å²) >= 11 is 0. The maximum atomic E-state index is 11.9. The molecule has 2 aliphatic heterocycles. The van der Waals surface area contributed by atoms with E-state index in [0.29, 0.717) is 26.1 Å². The van der Waals surface area contributed by atoms with Gasteiger partial charge in [0.05, 0.1) is 13.2 Å². The van der Waals surface area contributed by atoms with E-state index in [1.165, 1.54) is 6.92 Å². The van der Waals surface area contributed by atoms with Crippen LogP contribution < -0.4 is 29.6 Å². The summed E-state index contributed by atoms with van der Waals surface area (Å²) in [5.74, 6) is -2.15. The van der Waals surface area contributed by atoms with Gasteiger partial charge in [0.25, 0.3) is 0 Å². The van der Waals surface area contributed by atoms with Gasteiger partial charge >= 0.3 is 41.5 Å². The van der Waals surface area contributed by atoms with Crippen LogP contribution >= 0.6 is 0 Å². The van der Waals surface area contributed by atoms with Gasteiger partial charge in [-0.25, -0.2) is 0 Å². The molecule has 2 fully saturated rings. The van der Waals surface area contributed by atoms with Crippen molar-refractivity contribution in [1.82, 2.24) is 0 Å². The molecule has 0 amide bonds. The molecule has 2 aliphatic rings. The molecule has 116 valence electrons. The fourth-order valence-corrected chi connectivity index (χ4v) is 2.17. The number of rotatable bonds is 4. The first-order valence-electron chi connectivity index (χ1n) is 7.31. The average molecular weight is 310 g/mol. The largest absolute Gasteiger partial charge is 1.00 e. The third-order valence-electron chi connectivity index (χ3n) is 3.48. The monoisotopic (exact) mass is 310 g/mol. The number of ether oxygens (including phenoxy) is 4. The van der Waals surface area contributed by atoms with Crippen LogP contribution in [0.15, 0.2) is 0 Å². The van der Waals surface area contributed by atoms with E-state index in [2.05, 4.69) is 0 Å². The average Bonchev–Trinajstić information content (AvgIpc) is 2.48. The van der Waals surface area contributed by atoms with Crippen molar-refractivity contribution >= 4 is 11.9 Å². The molecule has 0 saturated carbocycles. The summed E-state index contributed by atoms with van der Waals surface area (Å²) in [6, 6.07) is 0. The molecule has 2 unspecified atom stereocenters. The first-order valence-corrected chi connectivity index (χ1v) is 7.31. The quantitative estimate of drug-likeness (QED) is 0.372. The molecule has 2 heterocycles. The van der Waals surface area contributed by atoms with E-state index in [0.717, 1.165) is 25.7 Å². The van der Waals surface area contributed by atoms with E-state index in [1.54, 1.807) is 0 Å². The second-order valence-corrected chi connectivity index (χ2v) is 5.19. The molecule has 0 bridgehead atoms. The Morgan fingerprint density at radius 3 is 1.71 bits per heavy atom. The zero-order valence-electron chi connectivity index (χ0n) is 13.8. The van der Waals surface area contributed by atoms with Crippen LogP contribution in [0.1, 0.15) is 46.9 Å². The predicted molar refractivity (Wildman–Crippen MR) is 69.6 cm³/mol. The van der Waals surface area contributed by atoms with Crippen LogP contribution in [-0.2, 0) is 28.5 Å². The molecule has 2 saturated heterocycles. The van der Waals surface area contributed by atoms with Gasteiger partial charge in [-0.3, -0.25) is 9.59 Å². The maximum absolute atomic E-state index is 11.9. The fourth-order valence-electron chi connectivity index (χ4n) is 2.17. The van der Waals surface area contributed by atoms with E-state index in [-0.39, 0.29) is 31.0 Å². The van der Waals surface area contributed by atoms with Gasteiger partial charge in [-0.05, 0) is 32.6 Å². The first-order chi connectivity index (χ1) is 9.66. The third-order valence-corrected chi connectivity index (χ3v) is 3.48. The topological polar surface area (TPSA) is 71.1 Å². The molecule has 0 aromatic heterocycles. The van der Waals surface area contributed by atoms with Crippen LogP contribution in [0.2, 0.25) is 0 Å². The van der Waals surface area contributed by atoms with Gasteiger partial charge < -0.3 is 20.4 Å². The second-order valence-electron chi connectivity index (χ2n) is 5.19. The van der Waals surface area contributed by atoms with Gasteiger partial charge in [0.15, 0.2) is 5.92 Å². The van der Waals surface area contributed by atoms with Crippen LogP contribution in [-0.4, -0.2) is 37.7 Å². The Hall–Kier alpha value is -0.140. The SMILES string of the molecule is CC(C(=O)OC1CCCCO1)C(=O)OC1CCCCO1.[H-].[Na+]. The molecule has 21 heavy (non-hydrogen) atoms. The Kier molecular flexibility index (Phi) is 8.82. The number of esters is 2. The molecule has 0 aromatic carbocycles. The molecule has 0 N–H and O–H groups in total. The van der Waals surface area contributed by atoms with Crippen LogP contribution in [0, 0.1) is 5.92 Å². The van der Waals surface area contributed by atoms with Crippen molar-refractivity contribution in [3.8, 4) is 0 Å². The molecule has 0 aliphatic carbocycles. The first kappa shape index (κ1) is 18.9. The number of hydrogen-bond acceptors (Lipinski definition) is 6. The van der Waals surface area contributed by atoms with E-state index < -0.39 is 30.4 Å². The Balaban J connectivity index is 0.00000220. The van der Waals surface area contributed by atoms with Crippen molar-refractivity contribution in [3.63, 3.8) is 0 Å². The number of carbonyl (C=O) groups is 2. The van der Waals surface area contributed by atoms with Crippen molar-refractivity contribution in [3.05, 3.63) is 0 Å². The minimum absolute atomic E-state index is 0. The molecular weight excluding hydrogens is 287 g/mol. The van der Waals surface area contributed by atoms with Gasteiger partial charge in [-0.1, -0.05) is 0 Å². The second kappa shape index (κ2) is 9.79. The predicted octanol–water partition coefficient (Wildman–Crippen LogP) is -1.12. The van der Waals surface area contributed by atoms with E-state index in [4.69, 9.17) is 18.9 Å². The van der Waals surface area contributed by atoms with Crippen molar-refractivity contribution in [2.24, 2.45) is 5.92 Å². The van der Waals surface area contributed by atoms with Crippen LogP contribution in [0.25, 0.3) is 0 Å². The summed E-state index contributed by atoms with van der Waals surface area (Å²) in [7, 11) is 0. The van der Waals surface area contributed by atoms with Gasteiger partial charge in [0, 0.05) is 12.8 Å². The molecule has 2 atom stereocenters. The van der Waals surface area contributed by atoms with Crippen LogP contribution in [0.3, 0.4) is 0 Å². The van der Waals surface area contributed by atoms with Crippen molar-refractivity contribution in [2.45, 2.75) is 58.0 Å². The van der Waals surface area contributed by atoms with Gasteiger partial charge in [0.1, 0.15) is 0 Å². The van der Waals surface area contributed by atoms with Crippen LogP contribution in [0.5, 0.6) is 0 Å². The number of carbonyl (C=O) groups excluding carboxylic acids is 2. The summed E-state index contributed by atoms with van der Waals surface area (Å²) in [6.07, 6.45) is 4.18. The molecule has 7 heteroatoms. The van der Waals surface area contributed by atoms with Crippen molar-refractivity contribution in [1.29, 1.82) is 0 Å². The standard InChI is InChI=1S/C14H22O6.Na.H/c1-10(13(15)19-11-6-2-4-8-17-11)14(16)20-12-7-3-5-9-18-12;;/h10-12H,2-9H2,1H3;;/q;+1;-1. The van der Waals surface area contributed by atoms with Crippen LogP contribution in [0.4, 0.5) is 0 Å². The normalized spacial score (nSPS) is 27.1. The maximum Gasteiger partial charge on any atom is 1.00 e.